The smallest absolute Gasteiger partial charge is 0.251 e. The molecular formula is C7H9F6. The van der Waals surface area contributed by atoms with Crippen LogP contribution in [0.1, 0.15) is 12.8 Å². The Bertz CT molecular complexity index is 155. The van der Waals surface area contributed by atoms with Crippen LogP contribution in [0.5, 0.6) is 0 Å². The van der Waals surface area contributed by atoms with Gasteiger partial charge in [-0.2, -0.15) is 0 Å². The van der Waals surface area contributed by atoms with E-state index in [2.05, 4.69) is 6.92 Å². The van der Waals surface area contributed by atoms with Crippen molar-refractivity contribution in [2.45, 2.75) is 30.9 Å². The van der Waals surface area contributed by atoms with E-state index in [0.29, 0.717) is 0 Å². The minimum Gasteiger partial charge on any atom is -0.251 e. The summed E-state index contributed by atoms with van der Waals surface area (Å²) in [6, 6.07) is 0. The maximum Gasteiger partial charge on any atom is 0.287 e. The Labute approximate surface area is 71.9 Å². The summed E-state index contributed by atoms with van der Waals surface area (Å²) in [5, 5.41) is 0. The molecule has 0 amide bonds. The lowest BCUT2D eigenvalue weighted by molar-refractivity contribution is -0.183. The third-order valence-corrected chi connectivity index (χ3v) is 1.50. The van der Waals surface area contributed by atoms with Gasteiger partial charge in [0.05, 0.1) is 6.67 Å². The lowest BCUT2D eigenvalue weighted by Crippen LogP contribution is -2.44. The Morgan fingerprint density at radius 3 is 1.85 bits per heavy atom. The molecule has 6 heteroatoms. The van der Waals surface area contributed by atoms with Crippen molar-refractivity contribution < 1.29 is 26.3 Å². The summed E-state index contributed by atoms with van der Waals surface area (Å²) in [5.74, 6) is -8.55. The van der Waals surface area contributed by atoms with E-state index in [1.807, 2.05) is 0 Å². The van der Waals surface area contributed by atoms with E-state index in [4.69, 9.17) is 0 Å². The fraction of sp³-hybridized carbons (Fsp3) is 0.857. The molecular weight excluding hydrogens is 198 g/mol. The van der Waals surface area contributed by atoms with Crippen molar-refractivity contribution in [3.63, 3.8) is 0 Å². The highest BCUT2D eigenvalue weighted by Gasteiger charge is 2.54. The topological polar surface area (TPSA) is 0 Å². The molecule has 1 atom stereocenters. The molecule has 0 N–H and O–H groups in total. The molecule has 0 heterocycles. The Kier molecular flexibility index (Phi) is 4.06. The van der Waals surface area contributed by atoms with Gasteiger partial charge in [0.25, 0.3) is 11.8 Å². The summed E-state index contributed by atoms with van der Waals surface area (Å²) in [7, 11) is 0. The number of alkyl halides is 6. The van der Waals surface area contributed by atoms with Crippen LogP contribution >= 0.6 is 0 Å². The van der Waals surface area contributed by atoms with Gasteiger partial charge in [0.2, 0.25) is 6.17 Å². The van der Waals surface area contributed by atoms with Crippen LogP contribution in [0.3, 0.4) is 0 Å². The Balaban J connectivity index is 4.47. The number of hydrogen-bond acceptors (Lipinski definition) is 0. The lowest BCUT2D eigenvalue weighted by Gasteiger charge is -2.25. The monoisotopic (exact) mass is 207 g/mol. The fourth-order valence-electron chi connectivity index (χ4n) is 0.688. The van der Waals surface area contributed by atoms with Gasteiger partial charge in [-0.25, -0.2) is 22.0 Å². The number of rotatable bonds is 5. The second kappa shape index (κ2) is 4.19. The van der Waals surface area contributed by atoms with Gasteiger partial charge in [-0.15, -0.1) is 0 Å². The van der Waals surface area contributed by atoms with E-state index in [9.17, 15) is 26.3 Å². The molecule has 1 radical (unpaired) electrons. The van der Waals surface area contributed by atoms with Crippen LogP contribution in [0, 0.1) is 6.92 Å². The first-order valence-electron chi connectivity index (χ1n) is 3.53. The van der Waals surface area contributed by atoms with Gasteiger partial charge in [0.1, 0.15) is 0 Å². The zero-order valence-electron chi connectivity index (χ0n) is 6.67. The standard InChI is InChI=1S/C7H9F6/c1-2-6(10,11)5(9)7(12,13)3-4-8/h5H,1-4H2/t5-/m0/s1. The molecule has 0 aromatic carbocycles. The second-order valence-electron chi connectivity index (χ2n) is 2.57. The average Bonchev–Trinajstić information content (AvgIpc) is 2.03. The fourth-order valence-corrected chi connectivity index (χ4v) is 0.688. The minimum atomic E-state index is -4.34. The van der Waals surface area contributed by atoms with E-state index in [0.717, 1.165) is 0 Å². The quantitative estimate of drug-likeness (QED) is 0.607. The highest BCUT2D eigenvalue weighted by atomic mass is 19.3. The zero-order chi connectivity index (χ0) is 10.7. The van der Waals surface area contributed by atoms with E-state index < -0.39 is 37.5 Å². The van der Waals surface area contributed by atoms with Crippen molar-refractivity contribution >= 4 is 0 Å². The van der Waals surface area contributed by atoms with Crippen LogP contribution in [-0.4, -0.2) is 24.7 Å². The van der Waals surface area contributed by atoms with Crippen molar-refractivity contribution in [1.29, 1.82) is 0 Å². The molecule has 0 aliphatic carbocycles. The van der Waals surface area contributed by atoms with Gasteiger partial charge in [0, 0.05) is 12.8 Å². The highest BCUT2D eigenvalue weighted by molar-refractivity contribution is 4.88. The summed E-state index contributed by atoms with van der Waals surface area (Å²) < 4.78 is 73.3. The molecule has 0 bridgehead atoms. The minimum absolute atomic E-state index is 1.28. The van der Waals surface area contributed by atoms with Crippen molar-refractivity contribution in [2.24, 2.45) is 0 Å². The van der Waals surface area contributed by atoms with Crippen LogP contribution in [-0.2, 0) is 0 Å². The maximum absolute atomic E-state index is 12.4. The molecule has 0 rings (SSSR count). The molecule has 0 aliphatic rings. The first-order chi connectivity index (χ1) is 5.78. The third-order valence-electron chi connectivity index (χ3n) is 1.50. The average molecular weight is 207 g/mol. The van der Waals surface area contributed by atoms with Crippen LogP contribution in [0.4, 0.5) is 26.3 Å². The van der Waals surface area contributed by atoms with Crippen molar-refractivity contribution in [3.05, 3.63) is 6.92 Å². The van der Waals surface area contributed by atoms with Crippen molar-refractivity contribution in [2.75, 3.05) is 6.67 Å². The molecule has 0 aromatic heterocycles. The number of halogens is 6. The normalized spacial score (nSPS) is 15.9. The van der Waals surface area contributed by atoms with E-state index in [1.165, 1.54) is 0 Å². The van der Waals surface area contributed by atoms with E-state index in [1.54, 1.807) is 0 Å². The molecule has 0 aromatic rings. The van der Waals surface area contributed by atoms with Crippen LogP contribution in [0.2, 0.25) is 0 Å². The summed E-state index contributed by atoms with van der Waals surface area (Å²) in [6.07, 6.45) is -6.49. The third kappa shape index (κ3) is 3.08. The lowest BCUT2D eigenvalue weighted by atomic mass is 10.0. The Morgan fingerprint density at radius 1 is 1.08 bits per heavy atom. The SMILES string of the molecule is [CH2]CC(F)(F)[C@H](F)C(F)(F)CCF. The first kappa shape index (κ1) is 12.6. The molecule has 0 fully saturated rings. The molecule has 0 aliphatic heterocycles. The zero-order valence-corrected chi connectivity index (χ0v) is 6.67. The van der Waals surface area contributed by atoms with Gasteiger partial charge >= 0.3 is 0 Å². The van der Waals surface area contributed by atoms with Crippen molar-refractivity contribution in [1.82, 2.24) is 0 Å². The predicted octanol–water partition coefficient (Wildman–Crippen LogP) is 3.18. The van der Waals surface area contributed by atoms with Crippen LogP contribution in [0.25, 0.3) is 0 Å². The Morgan fingerprint density at radius 2 is 1.54 bits per heavy atom. The highest BCUT2D eigenvalue weighted by Crippen LogP contribution is 2.37. The summed E-state index contributed by atoms with van der Waals surface area (Å²) in [6.45, 7) is 1.09. The predicted molar refractivity (Wildman–Crippen MR) is 35.4 cm³/mol. The molecule has 0 spiro atoms. The van der Waals surface area contributed by atoms with E-state index >= 15 is 0 Å². The van der Waals surface area contributed by atoms with Crippen LogP contribution in [0.15, 0.2) is 0 Å². The molecule has 79 valence electrons. The molecule has 0 unspecified atom stereocenters. The van der Waals surface area contributed by atoms with Gasteiger partial charge in [-0.1, -0.05) is 0 Å². The summed E-state index contributed by atoms with van der Waals surface area (Å²) in [5.41, 5.74) is 0. The Hall–Kier alpha value is -0.420. The molecule has 13 heavy (non-hydrogen) atoms. The number of hydrogen-bond donors (Lipinski definition) is 0. The van der Waals surface area contributed by atoms with Gasteiger partial charge in [-0.3, -0.25) is 4.39 Å². The van der Waals surface area contributed by atoms with Crippen molar-refractivity contribution in [3.8, 4) is 0 Å². The summed E-state index contributed by atoms with van der Waals surface area (Å²) >= 11 is 0. The second-order valence-corrected chi connectivity index (χ2v) is 2.57. The van der Waals surface area contributed by atoms with Gasteiger partial charge in [-0.05, 0) is 6.92 Å². The molecule has 0 nitrogen and oxygen atoms in total. The van der Waals surface area contributed by atoms with Gasteiger partial charge in [0.15, 0.2) is 0 Å². The maximum atomic E-state index is 12.4. The van der Waals surface area contributed by atoms with Gasteiger partial charge < -0.3 is 0 Å². The van der Waals surface area contributed by atoms with E-state index in [-0.39, 0.29) is 0 Å². The molecule has 0 saturated heterocycles. The first-order valence-corrected chi connectivity index (χ1v) is 3.53. The summed E-state index contributed by atoms with van der Waals surface area (Å²) in [4.78, 5) is 0. The molecule has 0 saturated carbocycles. The largest absolute Gasteiger partial charge is 0.287 e. The van der Waals surface area contributed by atoms with Crippen LogP contribution < -0.4 is 0 Å².